The number of rotatable bonds is 4. The summed E-state index contributed by atoms with van der Waals surface area (Å²) in [7, 11) is 0. The lowest BCUT2D eigenvalue weighted by Gasteiger charge is -2.30. The number of hydrogen-bond donors (Lipinski definition) is 0. The third-order valence-electron chi connectivity index (χ3n) is 3.48. The van der Waals surface area contributed by atoms with Crippen LogP contribution in [0, 0.1) is 11.3 Å². The van der Waals surface area contributed by atoms with Crippen molar-refractivity contribution in [3.8, 4) is 0 Å². The maximum absolute atomic E-state index is 12.0. The fraction of sp³-hybridized carbons (Fsp3) is 0.500. The minimum Gasteiger partial charge on any atom is -0.298 e. The van der Waals surface area contributed by atoms with E-state index in [-0.39, 0.29) is 17.0 Å². The molecule has 1 aromatic heterocycles. The minimum absolute atomic E-state index is 0.00663. The molecule has 1 saturated carbocycles. The Bertz CT molecular complexity index is 501. The van der Waals surface area contributed by atoms with Gasteiger partial charge in [0, 0.05) is 43.9 Å². The second kappa shape index (κ2) is 6.07. The summed E-state index contributed by atoms with van der Waals surface area (Å²) in [6.07, 6.45) is 4.90. The second-order valence-corrected chi connectivity index (χ2v) is 6.05. The van der Waals surface area contributed by atoms with Crippen molar-refractivity contribution in [2.75, 3.05) is 6.54 Å². The predicted octanol–water partition coefficient (Wildman–Crippen LogP) is 2.27. The van der Waals surface area contributed by atoms with Gasteiger partial charge in [-0.05, 0) is 17.5 Å². The highest BCUT2D eigenvalue weighted by Crippen LogP contribution is 2.33. The quantitative estimate of drug-likeness (QED) is 0.624. The first-order chi connectivity index (χ1) is 9.48. The zero-order chi connectivity index (χ0) is 14.6. The monoisotopic (exact) mass is 272 g/mol. The van der Waals surface area contributed by atoms with E-state index in [1.165, 1.54) is 6.21 Å². The molecule has 4 heteroatoms. The van der Waals surface area contributed by atoms with Crippen molar-refractivity contribution in [1.29, 1.82) is 0 Å². The number of aliphatic imine (C=N–C) groups is 1. The Balaban J connectivity index is 1.88. The highest BCUT2D eigenvalue weighted by atomic mass is 16.2. The maximum Gasteiger partial charge on any atom is 0.149 e. The lowest BCUT2D eigenvalue weighted by molar-refractivity contribution is -0.136. The van der Waals surface area contributed by atoms with Gasteiger partial charge < -0.3 is 0 Å². The number of hydrogen-bond acceptors (Lipinski definition) is 4. The van der Waals surface area contributed by atoms with Crippen molar-refractivity contribution >= 4 is 17.8 Å². The van der Waals surface area contributed by atoms with Gasteiger partial charge in [0.05, 0.1) is 0 Å². The molecule has 1 aromatic rings. The van der Waals surface area contributed by atoms with Crippen LogP contribution in [0.4, 0.5) is 0 Å². The summed E-state index contributed by atoms with van der Waals surface area (Å²) in [5, 5.41) is 0. The van der Waals surface area contributed by atoms with Gasteiger partial charge in [0.1, 0.15) is 17.5 Å². The Morgan fingerprint density at radius 2 is 2.00 bits per heavy atom. The molecule has 0 aliphatic heterocycles. The molecule has 4 nitrogen and oxygen atoms in total. The molecule has 0 N–H and O–H groups in total. The molecule has 1 aliphatic carbocycles. The summed E-state index contributed by atoms with van der Waals surface area (Å²) >= 11 is 0. The summed E-state index contributed by atoms with van der Waals surface area (Å²) < 4.78 is 0. The molecule has 0 atom stereocenters. The normalized spacial score (nSPS) is 19.7. The van der Waals surface area contributed by atoms with Crippen molar-refractivity contribution < 1.29 is 9.59 Å². The van der Waals surface area contributed by atoms with E-state index in [9.17, 15) is 9.59 Å². The summed E-state index contributed by atoms with van der Waals surface area (Å²) in [6.45, 7) is 4.46. The van der Waals surface area contributed by atoms with Gasteiger partial charge in [0.25, 0.3) is 0 Å². The van der Waals surface area contributed by atoms with Crippen LogP contribution in [0.15, 0.2) is 29.4 Å². The van der Waals surface area contributed by atoms with Crippen LogP contribution in [0.3, 0.4) is 0 Å². The van der Waals surface area contributed by atoms with Crippen LogP contribution < -0.4 is 0 Å². The average Bonchev–Trinajstić information content (AvgIpc) is 2.37. The molecular weight excluding hydrogens is 252 g/mol. The molecule has 2 rings (SSSR count). The molecule has 20 heavy (non-hydrogen) atoms. The van der Waals surface area contributed by atoms with Gasteiger partial charge in [-0.25, -0.2) is 0 Å². The van der Waals surface area contributed by atoms with Crippen LogP contribution in [0.5, 0.6) is 0 Å². The minimum atomic E-state index is -0.633. The summed E-state index contributed by atoms with van der Waals surface area (Å²) in [5.74, 6) is -0.646. The molecule has 0 bridgehead atoms. The number of Topliss-reactive ketones (excluding diaryl/α,β-unsaturated/α-hetero) is 2. The smallest absolute Gasteiger partial charge is 0.149 e. The van der Waals surface area contributed by atoms with Gasteiger partial charge in [-0.3, -0.25) is 19.6 Å². The van der Waals surface area contributed by atoms with Crippen molar-refractivity contribution in [3.63, 3.8) is 0 Å². The SMILES string of the molecule is CC1(C)CC(=O)C(C=NCCc2ccccn2)C(=O)C1. The van der Waals surface area contributed by atoms with Crippen LogP contribution in [0.25, 0.3) is 0 Å². The molecule has 0 radical (unpaired) electrons. The summed E-state index contributed by atoms with van der Waals surface area (Å²) in [6, 6.07) is 5.74. The van der Waals surface area contributed by atoms with Gasteiger partial charge in [0.2, 0.25) is 0 Å². The van der Waals surface area contributed by atoms with E-state index in [1.54, 1.807) is 6.20 Å². The number of carbonyl (C=O) groups excluding carboxylic acids is 2. The number of pyridine rings is 1. The van der Waals surface area contributed by atoms with Crippen LogP contribution >= 0.6 is 0 Å². The van der Waals surface area contributed by atoms with E-state index in [0.29, 0.717) is 19.4 Å². The van der Waals surface area contributed by atoms with Crippen LogP contribution in [-0.2, 0) is 16.0 Å². The number of ketones is 2. The number of aromatic nitrogens is 1. The van der Waals surface area contributed by atoms with Crippen molar-refractivity contribution in [2.45, 2.75) is 33.1 Å². The van der Waals surface area contributed by atoms with E-state index in [4.69, 9.17) is 0 Å². The fourth-order valence-corrected chi connectivity index (χ4v) is 2.48. The molecule has 106 valence electrons. The van der Waals surface area contributed by atoms with Gasteiger partial charge >= 0.3 is 0 Å². The van der Waals surface area contributed by atoms with Gasteiger partial charge in [-0.2, -0.15) is 0 Å². The third-order valence-corrected chi connectivity index (χ3v) is 3.48. The van der Waals surface area contributed by atoms with Gasteiger partial charge in [-0.1, -0.05) is 19.9 Å². The molecule has 1 aliphatic rings. The molecule has 0 spiro atoms. The first-order valence-electron chi connectivity index (χ1n) is 6.93. The molecule has 0 aromatic carbocycles. The zero-order valence-electron chi connectivity index (χ0n) is 12.0. The summed E-state index contributed by atoms with van der Waals surface area (Å²) in [4.78, 5) is 32.4. The Kier molecular flexibility index (Phi) is 4.42. The molecule has 1 fully saturated rings. The topological polar surface area (TPSA) is 59.4 Å². The van der Waals surface area contributed by atoms with Crippen LogP contribution in [-0.4, -0.2) is 29.3 Å². The number of nitrogens with zero attached hydrogens (tertiary/aromatic N) is 2. The molecule has 0 saturated heterocycles. The largest absolute Gasteiger partial charge is 0.298 e. The van der Waals surface area contributed by atoms with Crippen LogP contribution in [0.2, 0.25) is 0 Å². The maximum atomic E-state index is 12.0. The van der Waals surface area contributed by atoms with E-state index in [0.717, 1.165) is 12.1 Å². The highest BCUT2D eigenvalue weighted by molar-refractivity contribution is 6.16. The second-order valence-electron chi connectivity index (χ2n) is 6.05. The Morgan fingerprint density at radius 3 is 2.60 bits per heavy atom. The Hall–Kier alpha value is -1.84. The van der Waals surface area contributed by atoms with Crippen molar-refractivity contribution in [2.24, 2.45) is 16.3 Å². The zero-order valence-corrected chi connectivity index (χ0v) is 12.0. The standard InChI is InChI=1S/C16H20N2O2/c1-16(2)9-14(19)13(15(20)10-16)11-17-8-6-12-5-3-4-7-18-12/h3-5,7,11,13H,6,8-10H2,1-2H3. The van der Waals surface area contributed by atoms with Gasteiger partial charge in [-0.15, -0.1) is 0 Å². The van der Waals surface area contributed by atoms with E-state index in [2.05, 4.69) is 9.98 Å². The van der Waals surface area contributed by atoms with Crippen molar-refractivity contribution in [3.05, 3.63) is 30.1 Å². The van der Waals surface area contributed by atoms with Crippen LogP contribution in [0.1, 0.15) is 32.4 Å². The first kappa shape index (κ1) is 14.6. The molecule has 0 unspecified atom stereocenters. The van der Waals surface area contributed by atoms with E-state index < -0.39 is 5.92 Å². The Labute approximate surface area is 119 Å². The Morgan fingerprint density at radius 1 is 1.30 bits per heavy atom. The molecule has 1 heterocycles. The average molecular weight is 272 g/mol. The van der Waals surface area contributed by atoms with Gasteiger partial charge in [0.15, 0.2) is 0 Å². The van der Waals surface area contributed by atoms with E-state index in [1.807, 2.05) is 32.0 Å². The van der Waals surface area contributed by atoms with Crippen molar-refractivity contribution in [1.82, 2.24) is 4.98 Å². The third kappa shape index (κ3) is 3.83. The lowest BCUT2D eigenvalue weighted by Crippen LogP contribution is -2.38. The predicted molar refractivity (Wildman–Crippen MR) is 77.8 cm³/mol. The van der Waals surface area contributed by atoms with E-state index >= 15 is 0 Å². The first-order valence-corrected chi connectivity index (χ1v) is 6.93. The lowest BCUT2D eigenvalue weighted by atomic mass is 9.72. The highest BCUT2D eigenvalue weighted by Gasteiger charge is 2.38. The summed E-state index contributed by atoms with van der Waals surface area (Å²) in [5.41, 5.74) is 0.763. The molecule has 0 amide bonds. The fourth-order valence-electron chi connectivity index (χ4n) is 2.48. The molecular formula is C16H20N2O2. The number of carbonyl (C=O) groups is 2.